The fourth-order valence-electron chi connectivity index (χ4n) is 3.29. The minimum absolute atomic E-state index is 0.0359. The molecule has 142 valence electrons. The van der Waals surface area contributed by atoms with Crippen LogP contribution in [-0.4, -0.2) is 55.1 Å². The monoisotopic (exact) mass is 363 g/mol. The van der Waals surface area contributed by atoms with Gasteiger partial charge in [-0.05, 0) is 43.9 Å². The molecule has 1 aromatic carbocycles. The molecule has 0 unspecified atom stereocenters. The second kappa shape index (κ2) is 8.03. The molecular formula is C19H26FN3O3. The van der Waals surface area contributed by atoms with Crippen molar-refractivity contribution in [2.45, 2.75) is 43.7 Å². The van der Waals surface area contributed by atoms with Gasteiger partial charge in [-0.1, -0.05) is 6.07 Å². The van der Waals surface area contributed by atoms with Crippen molar-refractivity contribution in [2.24, 2.45) is 0 Å². The third kappa shape index (κ3) is 4.52. The zero-order valence-electron chi connectivity index (χ0n) is 15.1. The van der Waals surface area contributed by atoms with Gasteiger partial charge in [0.15, 0.2) is 0 Å². The Kier molecular flexibility index (Phi) is 5.76. The first kappa shape index (κ1) is 18.6. The summed E-state index contributed by atoms with van der Waals surface area (Å²) < 4.78 is 18.5. The first-order valence-electron chi connectivity index (χ1n) is 9.14. The summed E-state index contributed by atoms with van der Waals surface area (Å²) in [6.45, 7) is 1.37. The highest BCUT2D eigenvalue weighted by atomic mass is 19.1. The predicted molar refractivity (Wildman–Crippen MR) is 96.2 cm³/mol. The van der Waals surface area contributed by atoms with Gasteiger partial charge in [-0.15, -0.1) is 0 Å². The molecule has 7 heteroatoms. The number of amides is 2. The number of anilines is 1. The topological polar surface area (TPSA) is 70.7 Å². The summed E-state index contributed by atoms with van der Waals surface area (Å²) in [5.74, 6) is -0.373. The number of hydrogen-bond acceptors (Lipinski definition) is 4. The van der Waals surface area contributed by atoms with Crippen LogP contribution >= 0.6 is 0 Å². The van der Waals surface area contributed by atoms with Crippen molar-refractivity contribution in [3.8, 4) is 0 Å². The van der Waals surface area contributed by atoms with Crippen molar-refractivity contribution in [1.29, 1.82) is 0 Å². The molecule has 0 spiro atoms. The highest BCUT2D eigenvalue weighted by Crippen LogP contribution is 2.30. The van der Waals surface area contributed by atoms with E-state index in [4.69, 9.17) is 4.74 Å². The van der Waals surface area contributed by atoms with Crippen LogP contribution in [0.2, 0.25) is 0 Å². The summed E-state index contributed by atoms with van der Waals surface area (Å²) in [5, 5.41) is 6.32. The number of ether oxygens (including phenoxy) is 1. The lowest BCUT2D eigenvalue weighted by molar-refractivity contribution is -0.136. The van der Waals surface area contributed by atoms with E-state index in [9.17, 15) is 14.0 Å². The number of halogens is 1. The maximum Gasteiger partial charge on any atom is 0.246 e. The number of nitrogens with zero attached hydrogens (tertiary/aromatic N) is 1. The normalized spacial score (nSPS) is 19.1. The minimum atomic E-state index is -0.825. The molecular weight excluding hydrogens is 337 g/mol. The smallest absolute Gasteiger partial charge is 0.246 e. The molecule has 3 rings (SSSR count). The number of piperidine rings is 1. The van der Waals surface area contributed by atoms with Crippen LogP contribution in [-0.2, 0) is 14.3 Å². The average Bonchev–Trinajstić information content (AvgIpc) is 3.44. The summed E-state index contributed by atoms with van der Waals surface area (Å²) >= 11 is 0. The quantitative estimate of drug-likeness (QED) is 0.776. The molecule has 0 aromatic heterocycles. The Morgan fingerprint density at radius 1 is 1.31 bits per heavy atom. The van der Waals surface area contributed by atoms with E-state index < -0.39 is 5.54 Å². The zero-order valence-corrected chi connectivity index (χ0v) is 15.1. The SMILES string of the molecule is COCCC(=O)N1CCC(Nc2cccc(F)c2)(C(=O)NC2CC2)CC1. The molecule has 2 N–H and O–H groups in total. The third-order valence-electron chi connectivity index (χ3n) is 5.05. The predicted octanol–water partition coefficient (Wildman–Crippen LogP) is 1.91. The summed E-state index contributed by atoms with van der Waals surface area (Å²) in [4.78, 5) is 26.9. The van der Waals surface area contributed by atoms with E-state index in [1.54, 1.807) is 24.1 Å². The largest absolute Gasteiger partial charge is 0.384 e. The Morgan fingerprint density at radius 3 is 2.65 bits per heavy atom. The van der Waals surface area contributed by atoms with E-state index in [0.29, 0.717) is 44.6 Å². The number of likely N-dealkylation sites (tertiary alicyclic amines) is 1. The van der Waals surface area contributed by atoms with Crippen molar-refractivity contribution in [2.75, 3.05) is 32.1 Å². The molecule has 1 saturated heterocycles. The molecule has 6 nitrogen and oxygen atoms in total. The van der Waals surface area contributed by atoms with Gasteiger partial charge >= 0.3 is 0 Å². The molecule has 1 aliphatic carbocycles. The van der Waals surface area contributed by atoms with Gasteiger partial charge in [0, 0.05) is 31.9 Å². The standard InChI is InChI=1S/C19H26FN3O3/c1-26-12-7-17(24)23-10-8-19(9-11-23,18(25)21-15-5-6-15)22-16-4-2-3-14(20)13-16/h2-4,13,15,22H,5-12H2,1H3,(H,21,25). The molecule has 0 radical (unpaired) electrons. The maximum absolute atomic E-state index is 13.5. The van der Waals surface area contributed by atoms with E-state index in [1.165, 1.54) is 12.1 Å². The fraction of sp³-hybridized carbons (Fsp3) is 0.579. The van der Waals surface area contributed by atoms with E-state index >= 15 is 0 Å². The molecule has 1 heterocycles. The van der Waals surface area contributed by atoms with E-state index in [-0.39, 0.29) is 23.7 Å². The van der Waals surface area contributed by atoms with Crippen molar-refractivity contribution in [3.05, 3.63) is 30.1 Å². The van der Waals surface area contributed by atoms with Gasteiger partial charge in [0.2, 0.25) is 11.8 Å². The lowest BCUT2D eigenvalue weighted by atomic mass is 9.85. The number of carbonyl (C=O) groups is 2. The molecule has 0 bridgehead atoms. The summed E-state index contributed by atoms with van der Waals surface area (Å²) in [6.07, 6.45) is 3.32. The Labute approximate surface area is 153 Å². The van der Waals surface area contributed by atoms with Gasteiger partial charge < -0.3 is 20.3 Å². The Hall–Kier alpha value is -2.15. The van der Waals surface area contributed by atoms with Crippen molar-refractivity contribution in [3.63, 3.8) is 0 Å². The number of methoxy groups -OCH3 is 1. The summed E-state index contributed by atoms with van der Waals surface area (Å²) in [7, 11) is 1.57. The number of carbonyl (C=O) groups excluding carboxylic acids is 2. The Balaban J connectivity index is 1.70. The Bertz CT molecular complexity index is 655. The second-order valence-electron chi connectivity index (χ2n) is 7.09. The first-order valence-corrected chi connectivity index (χ1v) is 9.14. The van der Waals surface area contributed by atoms with Crippen LogP contribution in [0.1, 0.15) is 32.1 Å². The second-order valence-corrected chi connectivity index (χ2v) is 7.09. The number of hydrogen-bond donors (Lipinski definition) is 2. The van der Waals surface area contributed by atoms with Crippen LogP contribution in [0.4, 0.5) is 10.1 Å². The van der Waals surface area contributed by atoms with E-state index in [0.717, 1.165) is 12.8 Å². The van der Waals surface area contributed by atoms with Gasteiger partial charge in [-0.3, -0.25) is 9.59 Å². The molecule has 2 amide bonds. The number of benzene rings is 1. The van der Waals surface area contributed by atoms with Gasteiger partial charge in [-0.25, -0.2) is 4.39 Å². The van der Waals surface area contributed by atoms with Crippen molar-refractivity contribution >= 4 is 17.5 Å². The van der Waals surface area contributed by atoms with Crippen molar-refractivity contribution < 1.29 is 18.7 Å². The van der Waals surface area contributed by atoms with E-state index in [2.05, 4.69) is 10.6 Å². The van der Waals surface area contributed by atoms with Crippen molar-refractivity contribution in [1.82, 2.24) is 10.2 Å². The Morgan fingerprint density at radius 2 is 2.04 bits per heavy atom. The highest BCUT2D eigenvalue weighted by molar-refractivity contribution is 5.90. The van der Waals surface area contributed by atoms with Gasteiger partial charge in [0.1, 0.15) is 11.4 Å². The lowest BCUT2D eigenvalue weighted by Gasteiger charge is -2.41. The van der Waals surface area contributed by atoms with Crippen LogP contribution in [0.15, 0.2) is 24.3 Å². The van der Waals surface area contributed by atoms with Crippen LogP contribution in [0.3, 0.4) is 0 Å². The first-order chi connectivity index (χ1) is 12.5. The van der Waals surface area contributed by atoms with Crippen LogP contribution < -0.4 is 10.6 Å². The van der Waals surface area contributed by atoms with Gasteiger partial charge in [0.25, 0.3) is 0 Å². The highest BCUT2D eigenvalue weighted by Gasteiger charge is 2.43. The number of nitrogens with one attached hydrogen (secondary N) is 2. The fourth-order valence-corrected chi connectivity index (χ4v) is 3.29. The van der Waals surface area contributed by atoms with Gasteiger partial charge in [0.05, 0.1) is 13.0 Å². The third-order valence-corrected chi connectivity index (χ3v) is 5.05. The summed E-state index contributed by atoms with van der Waals surface area (Å²) in [5.41, 5.74) is -0.246. The van der Waals surface area contributed by atoms with Crippen LogP contribution in [0, 0.1) is 5.82 Å². The van der Waals surface area contributed by atoms with Crippen LogP contribution in [0.5, 0.6) is 0 Å². The molecule has 1 aromatic rings. The minimum Gasteiger partial charge on any atom is -0.384 e. The van der Waals surface area contributed by atoms with Crippen LogP contribution in [0.25, 0.3) is 0 Å². The molecule has 1 aliphatic heterocycles. The molecule has 1 saturated carbocycles. The average molecular weight is 363 g/mol. The lowest BCUT2D eigenvalue weighted by Crippen LogP contribution is -2.59. The molecule has 26 heavy (non-hydrogen) atoms. The molecule has 0 atom stereocenters. The molecule has 2 fully saturated rings. The maximum atomic E-state index is 13.5. The van der Waals surface area contributed by atoms with E-state index in [1.807, 2.05) is 0 Å². The summed E-state index contributed by atoms with van der Waals surface area (Å²) in [6, 6.07) is 6.38. The molecule has 2 aliphatic rings. The van der Waals surface area contributed by atoms with Gasteiger partial charge in [-0.2, -0.15) is 0 Å². The zero-order chi connectivity index (χ0) is 18.6. The number of rotatable bonds is 7.